The fourth-order valence-electron chi connectivity index (χ4n) is 1.89. The summed E-state index contributed by atoms with van der Waals surface area (Å²) in [5, 5.41) is 2.70. The van der Waals surface area contributed by atoms with Gasteiger partial charge in [0.15, 0.2) is 0 Å². The van der Waals surface area contributed by atoms with Gasteiger partial charge in [-0.3, -0.25) is 10.6 Å². The number of benzene rings is 2. The van der Waals surface area contributed by atoms with Crippen molar-refractivity contribution in [3.05, 3.63) is 58.9 Å². The molecule has 0 aromatic heterocycles. The number of nitrogens with two attached hydrogens (primary N) is 1. The Morgan fingerprint density at radius 2 is 1.80 bits per heavy atom. The molecule has 104 valence electrons. The predicted molar refractivity (Wildman–Crippen MR) is 78.1 cm³/mol. The van der Waals surface area contributed by atoms with Crippen molar-refractivity contribution < 1.29 is 9.18 Å². The second-order valence-corrected chi connectivity index (χ2v) is 4.59. The summed E-state index contributed by atoms with van der Waals surface area (Å²) in [5.74, 6) is 4.67. The molecule has 2 aromatic rings. The fourth-order valence-corrected chi connectivity index (χ4v) is 1.89. The average Bonchev–Trinajstić information content (AvgIpc) is 2.42. The van der Waals surface area contributed by atoms with Crippen LogP contribution in [0, 0.1) is 19.7 Å². The minimum atomic E-state index is -0.384. The van der Waals surface area contributed by atoms with Gasteiger partial charge in [-0.05, 0) is 55.3 Å². The summed E-state index contributed by atoms with van der Waals surface area (Å²) < 4.78 is 13.2. The maximum Gasteiger partial charge on any atom is 0.255 e. The van der Waals surface area contributed by atoms with E-state index in [0.29, 0.717) is 11.3 Å². The molecule has 20 heavy (non-hydrogen) atoms. The van der Waals surface area contributed by atoms with E-state index in [-0.39, 0.29) is 11.7 Å². The van der Waals surface area contributed by atoms with Crippen molar-refractivity contribution in [3.8, 4) is 0 Å². The second-order valence-electron chi connectivity index (χ2n) is 4.59. The molecule has 0 saturated heterocycles. The van der Waals surface area contributed by atoms with E-state index in [1.165, 1.54) is 12.1 Å². The lowest BCUT2D eigenvalue weighted by Crippen LogP contribution is -2.14. The summed E-state index contributed by atoms with van der Waals surface area (Å²) in [7, 11) is 0. The van der Waals surface area contributed by atoms with Crippen LogP contribution in [0.2, 0.25) is 0 Å². The second kappa shape index (κ2) is 5.71. The topological polar surface area (TPSA) is 67.2 Å². The Morgan fingerprint density at radius 3 is 2.45 bits per heavy atom. The Labute approximate surface area is 116 Å². The van der Waals surface area contributed by atoms with Crippen LogP contribution in [0.3, 0.4) is 0 Å². The third-order valence-corrected chi connectivity index (χ3v) is 3.09. The van der Waals surface area contributed by atoms with Gasteiger partial charge in [0.1, 0.15) is 5.82 Å². The van der Waals surface area contributed by atoms with Crippen molar-refractivity contribution in [3.63, 3.8) is 0 Å². The number of nitrogen functional groups attached to an aromatic ring is 1. The molecule has 0 aliphatic carbocycles. The molecule has 0 saturated carbocycles. The zero-order valence-electron chi connectivity index (χ0n) is 11.3. The Kier molecular flexibility index (Phi) is 4.00. The van der Waals surface area contributed by atoms with E-state index in [1.54, 1.807) is 24.3 Å². The molecule has 0 radical (unpaired) electrons. The van der Waals surface area contributed by atoms with Gasteiger partial charge in [0.2, 0.25) is 0 Å². The highest BCUT2D eigenvalue weighted by molar-refractivity contribution is 6.05. The van der Waals surface area contributed by atoms with Gasteiger partial charge in [-0.2, -0.15) is 0 Å². The van der Waals surface area contributed by atoms with Gasteiger partial charge < -0.3 is 10.7 Å². The summed E-state index contributed by atoms with van der Waals surface area (Å²) in [5.41, 5.74) is 5.92. The average molecular weight is 273 g/mol. The molecular formula is C15H16FN3O. The summed E-state index contributed by atoms with van der Waals surface area (Å²) in [6.45, 7) is 3.65. The van der Waals surface area contributed by atoms with Crippen LogP contribution >= 0.6 is 0 Å². The Hall–Kier alpha value is -2.40. The van der Waals surface area contributed by atoms with E-state index in [1.807, 2.05) is 13.8 Å². The largest absolute Gasteiger partial charge is 0.324 e. The van der Waals surface area contributed by atoms with Crippen LogP contribution in [-0.4, -0.2) is 5.91 Å². The first kappa shape index (κ1) is 14.0. The smallest absolute Gasteiger partial charge is 0.255 e. The number of hydrazine groups is 1. The number of amides is 1. The normalized spacial score (nSPS) is 10.2. The van der Waals surface area contributed by atoms with Gasteiger partial charge >= 0.3 is 0 Å². The molecule has 1 amide bonds. The first-order valence-corrected chi connectivity index (χ1v) is 6.16. The molecule has 0 bridgehead atoms. The van der Waals surface area contributed by atoms with Crippen LogP contribution in [0.5, 0.6) is 0 Å². The van der Waals surface area contributed by atoms with Crippen molar-refractivity contribution in [2.45, 2.75) is 13.8 Å². The van der Waals surface area contributed by atoms with Crippen LogP contribution in [0.1, 0.15) is 21.5 Å². The molecule has 5 heteroatoms. The molecule has 0 spiro atoms. The SMILES string of the molecule is Cc1cc(C(=O)Nc2cc(F)ccc2C)ccc1NN. The first-order chi connectivity index (χ1) is 9.51. The summed E-state index contributed by atoms with van der Waals surface area (Å²) in [4.78, 5) is 12.1. The molecule has 0 aliphatic rings. The number of aryl methyl sites for hydroxylation is 2. The number of halogens is 1. The Morgan fingerprint density at radius 1 is 1.05 bits per heavy atom. The molecule has 2 aromatic carbocycles. The Balaban J connectivity index is 2.24. The van der Waals surface area contributed by atoms with Gasteiger partial charge in [0.05, 0.1) is 5.69 Å². The summed E-state index contributed by atoms with van der Waals surface area (Å²) in [6, 6.07) is 9.39. The minimum absolute atomic E-state index is 0.287. The highest BCUT2D eigenvalue weighted by Crippen LogP contribution is 2.19. The lowest BCUT2D eigenvalue weighted by molar-refractivity contribution is 0.102. The molecule has 0 unspecified atom stereocenters. The van der Waals surface area contributed by atoms with E-state index >= 15 is 0 Å². The molecule has 4 nitrogen and oxygen atoms in total. The van der Waals surface area contributed by atoms with Crippen LogP contribution in [0.15, 0.2) is 36.4 Å². The zero-order chi connectivity index (χ0) is 14.7. The summed E-state index contributed by atoms with van der Waals surface area (Å²) in [6.07, 6.45) is 0. The number of anilines is 2. The van der Waals surface area contributed by atoms with Gasteiger partial charge in [-0.15, -0.1) is 0 Å². The van der Waals surface area contributed by atoms with Gasteiger partial charge in [0.25, 0.3) is 5.91 Å². The molecule has 2 rings (SSSR count). The van der Waals surface area contributed by atoms with Gasteiger partial charge in [0, 0.05) is 11.3 Å². The standard InChI is InChI=1S/C15H16FN3O/c1-9-3-5-12(16)8-14(9)18-15(20)11-4-6-13(19-17)10(2)7-11/h3-8,19H,17H2,1-2H3,(H,18,20). The van der Waals surface area contributed by atoms with E-state index in [9.17, 15) is 9.18 Å². The lowest BCUT2D eigenvalue weighted by atomic mass is 10.1. The van der Waals surface area contributed by atoms with Crippen LogP contribution in [0.4, 0.5) is 15.8 Å². The molecule has 0 aliphatic heterocycles. The third kappa shape index (κ3) is 2.95. The molecule has 0 heterocycles. The van der Waals surface area contributed by atoms with Crippen LogP contribution in [-0.2, 0) is 0 Å². The molecule has 4 N–H and O–H groups in total. The number of hydrogen-bond donors (Lipinski definition) is 3. The van der Waals surface area contributed by atoms with Crippen molar-refractivity contribution in [1.82, 2.24) is 0 Å². The monoisotopic (exact) mass is 273 g/mol. The third-order valence-electron chi connectivity index (χ3n) is 3.09. The van der Waals surface area contributed by atoms with Crippen molar-refractivity contribution in [2.24, 2.45) is 5.84 Å². The number of rotatable bonds is 3. The highest BCUT2D eigenvalue weighted by Gasteiger charge is 2.10. The molecule has 0 fully saturated rings. The van der Waals surface area contributed by atoms with Crippen molar-refractivity contribution in [2.75, 3.05) is 10.7 Å². The van der Waals surface area contributed by atoms with Crippen molar-refractivity contribution in [1.29, 1.82) is 0 Å². The lowest BCUT2D eigenvalue weighted by Gasteiger charge is -2.10. The number of carbonyl (C=O) groups is 1. The quantitative estimate of drug-likeness (QED) is 0.595. The Bertz CT molecular complexity index is 656. The van der Waals surface area contributed by atoms with Crippen LogP contribution < -0.4 is 16.6 Å². The molecular weight excluding hydrogens is 257 g/mol. The van der Waals surface area contributed by atoms with E-state index < -0.39 is 0 Å². The van der Waals surface area contributed by atoms with Gasteiger partial charge in [-0.25, -0.2) is 4.39 Å². The fraction of sp³-hybridized carbons (Fsp3) is 0.133. The predicted octanol–water partition coefficient (Wildman–Crippen LogP) is 2.98. The zero-order valence-corrected chi connectivity index (χ0v) is 11.3. The van der Waals surface area contributed by atoms with E-state index in [2.05, 4.69) is 10.7 Å². The maximum atomic E-state index is 13.2. The first-order valence-electron chi connectivity index (χ1n) is 6.16. The molecule has 0 atom stereocenters. The van der Waals surface area contributed by atoms with Crippen LogP contribution in [0.25, 0.3) is 0 Å². The minimum Gasteiger partial charge on any atom is -0.324 e. The maximum absolute atomic E-state index is 13.2. The van der Waals surface area contributed by atoms with E-state index in [4.69, 9.17) is 5.84 Å². The van der Waals surface area contributed by atoms with E-state index in [0.717, 1.165) is 16.8 Å². The highest BCUT2D eigenvalue weighted by atomic mass is 19.1. The number of hydrogen-bond acceptors (Lipinski definition) is 3. The number of nitrogens with one attached hydrogen (secondary N) is 2. The van der Waals surface area contributed by atoms with Crippen molar-refractivity contribution >= 4 is 17.3 Å². The summed E-state index contributed by atoms with van der Waals surface area (Å²) >= 11 is 0. The van der Waals surface area contributed by atoms with Gasteiger partial charge in [-0.1, -0.05) is 6.07 Å². The number of carbonyl (C=O) groups excluding carboxylic acids is 1.